The van der Waals surface area contributed by atoms with Crippen molar-refractivity contribution in [1.29, 1.82) is 0 Å². The zero-order valence-electron chi connectivity index (χ0n) is 17.6. The molecule has 0 fully saturated rings. The van der Waals surface area contributed by atoms with Gasteiger partial charge in [0.05, 0.1) is 17.9 Å². The lowest BCUT2D eigenvalue weighted by Crippen LogP contribution is -2.34. The van der Waals surface area contributed by atoms with Gasteiger partial charge >= 0.3 is 12.0 Å². The first kappa shape index (κ1) is 21.2. The molecule has 0 aliphatic carbocycles. The molecule has 2 N–H and O–H groups in total. The molecule has 2 amide bonds. The fourth-order valence-corrected chi connectivity index (χ4v) is 5.61. The molecule has 154 valence electrons. The summed E-state index contributed by atoms with van der Waals surface area (Å²) in [4.78, 5) is 25.5. The van der Waals surface area contributed by atoms with Crippen LogP contribution in [0.25, 0.3) is 0 Å². The summed E-state index contributed by atoms with van der Waals surface area (Å²) in [6, 6.07) is 12.4. The van der Waals surface area contributed by atoms with Crippen LogP contribution in [0.1, 0.15) is 57.0 Å². The summed E-state index contributed by atoms with van der Waals surface area (Å²) in [5.74, 6) is -0.373. The van der Waals surface area contributed by atoms with E-state index >= 15 is 0 Å². The van der Waals surface area contributed by atoms with Gasteiger partial charge in [0, 0.05) is 15.3 Å². The number of urea groups is 1. The highest BCUT2D eigenvalue weighted by Crippen LogP contribution is 2.53. The van der Waals surface area contributed by atoms with Crippen LogP contribution in [0, 0.1) is 0 Å². The maximum Gasteiger partial charge on any atom is 0.338 e. The molecule has 0 atom stereocenters. The highest BCUT2D eigenvalue weighted by molar-refractivity contribution is 8.00. The summed E-state index contributed by atoms with van der Waals surface area (Å²) in [6.45, 7) is 11.1. The quantitative estimate of drug-likeness (QED) is 0.599. The summed E-state index contributed by atoms with van der Waals surface area (Å²) in [7, 11) is 0. The molecule has 5 nitrogen and oxygen atoms in total. The lowest BCUT2D eigenvalue weighted by Gasteiger charge is -2.42. The van der Waals surface area contributed by atoms with Crippen molar-refractivity contribution in [2.24, 2.45) is 0 Å². The molecular weight excluding hydrogens is 384 g/mol. The van der Waals surface area contributed by atoms with Gasteiger partial charge < -0.3 is 15.4 Å². The van der Waals surface area contributed by atoms with Crippen LogP contribution in [0.2, 0.25) is 0 Å². The van der Waals surface area contributed by atoms with Crippen molar-refractivity contribution in [2.75, 3.05) is 17.2 Å². The molecule has 0 unspecified atom stereocenters. The van der Waals surface area contributed by atoms with Gasteiger partial charge in [-0.15, -0.1) is 11.8 Å². The molecule has 2 aromatic carbocycles. The van der Waals surface area contributed by atoms with Gasteiger partial charge in [0.1, 0.15) is 0 Å². The third-order valence-electron chi connectivity index (χ3n) is 4.89. The zero-order valence-corrected chi connectivity index (χ0v) is 18.4. The lowest BCUT2D eigenvalue weighted by molar-refractivity contribution is 0.0526. The number of carbonyl (C=O) groups is 2. The van der Waals surface area contributed by atoms with Crippen LogP contribution in [0.5, 0.6) is 0 Å². The Kier molecular flexibility index (Phi) is 5.94. The van der Waals surface area contributed by atoms with Gasteiger partial charge in [-0.05, 0) is 54.7 Å². The number of carbonyl (C=O) groups excluding carboxylic acids is 2. The normalized spacial score (nSPS) is 16.4. The number of rotatable bonds is 4. The third-order valence-corrected chi connectivity index (χ3v) is 6.23. The predicted molar refractivity (Wildman–Crippen MR) is 119 cm³/mol. The van der Waals surface area contributed by atoms with Gasteiger partial charge in [-0.2, -0.15) is 0 Å². The molecule has 2 aromatic rings. The van der Waals surface area contributed by atoms with Crippen molar-refractivity contribution in [3.05, 3.63) is 53.6 Å². The summed E-state index contributed by atoms with van der Waals surface area (Å²) in [5.41, 5.74) is 3.18. The van der Waals surface area contributed by atoms with E-state index in [-0.39, 0.29) is 22.2 Å². The van der Waals surface area contributed by atoms with Crippen LogP contribution in [-0.2, 0) is 10.2 Å². The minimum atomic E-state index is -0.373. The molecule has 0 radical (unpaired) electrons. The second-order valence-electron chi connectivity index (χ2n) is 8.48. The number of benzene rings is 2. The predicted octanol–water partition coefficient (Wildman–Crippen LogP) is 6.06. The van der Waals surface area contributed by atoms with E-state index in [4.69, 9.17) is 4.74 Å². The fraction of sp³-hybridized carbons (Fsp3) is 0.391. The summed E-state index contributed by atoms with van der Waals surface area (Å²) >= 11 is 1.81. The Bertz CT molecular complexity index is 920. The van der Waals surface area contributed by atoms with Crippen molar-refractivity contribution in [2.45, 2.75) is 56.1 Å². The van der Waals surface area contributed by atoms with E-state index in [1.54, 1.807) is 31.2 Å². The summed E-state index contributed by atoms with van der Waals surface area (Å²) in [5, 5.41) is 5.81. The minimum Gasteiger partial charge on any atom is -0.462 e. The smallest absolute Gasteiger partial charge is 0.338 e. The Balaban J connectivity index is 1.75. The van der Waals surface area contributed by atoms with E-state index in [1.807, 2.05) is 23.9 Å². The second-order valence-corrected chi connectivity index (χ2v) is 10.2. The van der Waals surface area contributed by atoms with Crippen molar-refractivity contribution < 1.29 is 14.3 Å². The number of esters is 1. The molecule has 29 heavy (non-hydrogen) atoms. The minimum absolute atomic E-state index is 0.0428. The van der Waals surface area contributed by atoms with Crippen LogP contribution in [0.4, 0.5) is 16.2 Å². The Morgan fingerprint density at radius 2 is 1.72 bits per heavy atom. The molecule has 6 heteroatoms. The number of hydrogen-bond donors (Lipinski definition) is 2. The molecule has 0 bridgehead atoms. The zero-order chi connectivity index (χ0) is 21.2. The molecule has 1 heterocycles. The van der Waals surface area contributed by atoms with Crippen LogP contribution in [-0.4, -0.2) is 23.4 Å². The number of hydrogen-bond acceptors (Lipinski definition) is 4. The van der Waals surface area contributed by atoms with Crippen molar-refractivity contribution in [3.8, 4) is 0 Å². The van der Waals surface area contributed by atoms with Crippen molar-refractivity contribution in [3.63, 3.8) is 0 Å². The maximum absolute atomic E-state index is 12.6. The van der Waals surface area contributed by atoms with E-state index in [0.717, 1.165) is 17.0 Å². The highest BCUT2D eigenvalue weighted by Gasteiger charge is 2.39. The number of thioether (sulfide) groups is 1. The van der Waals surface area contributed by atoms with Gasteiger partial charge in [-0.25, -0.2) is 9.59 Å². The Morgan fingerprint density at radius 1 is 1.03 bits per heavy atom. The first-order chi connectivity index (χ1) is 13.6. The third kappa shape index (κ3) is 4.93. The van der Waals surface area contributed by atoms with E-state index in [1.165, 1.54) is 5.56 Å². The second kappa shape index (κ2) is 8.11. The van der Waals surface area contributed by atoms with E-state index < -0.39 is 0 Å². The first-order valence-electron chi connectivity index (χ1n) is 9.79. The Labute approximate surface area is 176 Å². The molecule has 0 saturated carbocycles. The lowest BCUT2D eigenvalue weighted by atomic mass is 9.77. The summed E-state index contributed by atoms with van der Waals surface area (Å²) in [6.07, 6.45) is 1.07. The van der Waals surface area contributed by atoms with Crippen LogP contribution in [0.3, 0.4) is 0 Å². The maximum atomic E-state index is 12.6. The highest BCUT2D eigenvalue weighted by atomic mass is 32.2. The monoisotopic (exact) mass is 412 g/mol. The average Bonchev–Trinajstić information content (AvgIpc) is 2.62. The molecule has 0 saturated heterocycles. The van der Waals surface area contributed by atoms with Crippen LogP contribution in [0.15, 0.2) is 47.4 Å². The van der Waals surface area contributed by atoms with E-state index in [9.17, 15) is 9.59 Å². The average molecular weight is 413 g/mol. The van der Waals surface area contributed by atoms with E-state index in [0.29, 0.717) is 17.9 Å². The van der Waals surface area contributed by atoms with Gasteiger partial charge in [-0.3, -0.25) is 0 Å². The molecule has 1 aliphatic rings. The molecule has 3 rings (SSSR count). The largest absolute Gasteiger partial charge is 0.462 e. The number of ether oxygens (including phenoxy) is 1. The molecule has 1 aliphatic heterocycles. The Hall–Kier alpha value is -2.47. The van der Waals surface area contributed by atoms with Gasteiger partial charge in [0.15, 0.2) is 0 Å². The number of fused-ring (bicyclic) bond motifs is 1. The fourth-order valence-electron chi connectivity index (χ4n) is 3.94. The van der Waals surface area contributed by atoms with Gasteiger partial charge in [0.2, 0.25) is 0 Å². The molecule has 0 spiro atoms. The van der Waals surface area contributed by atoms with Gasteiger partial charge in [-0.1, -0.05) is 39.8 Å². The number of amides is 2. The summed E-state index contributed by atoms with van der Waals surface area (Å²) < 4.78 is 5.06. The van der Waals surface area contributed by atoms with Gasteiger partial charge in [0.25, 0.3) is 0 Å². The number of nitrogens with one attached hydrogen (secondary N) is 2. The SMILES string of the molecule is CCOC(=O)c1ccc(NC(=O)Nc2cccc3c2SC(C)(C)CC3(C)C)cc1. The molecular formula is C23H28N2O3S. The van der Waals surface area contributed by atoms with Crippen LogP contribution < -0.4 is 10.6 Å². The van der Waals surface area contributed by atoms with Crippen molar-refractivity contribution >= 4 is 35.1 Å². The standard InChI is InChI=1S/C23H28N2O3S/c1-6-28-20(26)15-10-12-16(13-11-15)24-21(27)25-18-9-7-8-17-19(18)29-23(4,5)14-22(17,2)3/h7-13H,6,14H2,1-5H3,(H2,24,25,27). The van der Waals surface area contributed by atoms with Crippen LogP contribution >= 0.6 is 11.8 Å². The van der Waals surface area contributed by atoms with Crippen molar-refractivity contribution in [1.82, 2.24) is 0 Å². The topological polar surface area (TPSA) is 67.4 Å². The number of anilines is 2. The van der Waals surface area contributed by atoms with E-state index in [2.05, 4.69) is 44.4 Å². The first-order valence-corrected chi connectivity index (χ1v) is 10.6. The molecule has 0 aromatic heterocycles. The Morgan fingerprint density at radius 3 is 2.38 bits per heavy atom.